The monoisotopic (exact) mass is 206 g/mol. The van der Waals surface area contributed by atoms with E-state index in [0.29, 0.717) is 0 Å². The summed E-state index contributed by atoms with van der Waals surface area (Å²) in [5, 5.41) is 9.95. The SMILES string of the molecule is C/C=C/[C@@H](CC#N)NC(=O)C(F)(F)F. The Balaban J connectivity index is 4.32. The molecule has 0 rings (SSSR count). The van der Waals surface area contributed by atoms with E-state index in [0.717, 1.165) is 0 Å². The van der Waals surface area contributed by atoms with Crippen molar-refractivity contribution in [1.82, 2.24) is 5.32 Å². The molecular formula is C8H9F3N2O. The number of halogens is 3. The van der Waals surface area contributed by atoms with E-state index >= 15 is 0 Å². The lowest BCUT2D eigenvalue weighted by atomic mass is 10.2. The molecule has 3 nitrogen and oxygen atoms in total. The van der Waals surface area contributed by atoms with Crippen LogP contribution in [-0.4, -0.2) is 18.1 Å². The van der Waals surface area contributed by atoms with E-state index in [2.05, 4.69) is 0 Å². The highest BCUT2D eigenvalue weighted by molar-refractivity contribution is 5.82. The fourth-order valence-electron chi connectivity index (χ4n) is 0.748. The number of carbonyl (C=O) groups is 1. The van der Waals surface area contributed by atoms with Gasteiger partial charge < -0.3 is 5.32 Å². The summed E-state index contributed by atoms with van der Waals surface area (Å²) >= 11 is 0. The Morgan fingerprint density at radius 3 is 2.57 bits per heavy atom. The van der Waals surface area contributed by atoms with E-state index in [1.54, 1.807) is 18.3 Å². The predicted molar refractivity (Wildman–Crippen MR) is 43.0 cm³/mol. The number of nitriles is 1. The number of carbonyl (C=O) groups excluding carboxylic acids is 1. The first kappa shape index (κ1) is 12.5. The summed E-state index contributed by atoms with van der Waals surface area (Å²) in [6, 6.07) is 0.786. The summed E-state index contributed by atoms with van der Waals surface area (Å²) < 4.78 is 35.3. The van der Waals surface area contributed by atoms with Crippen LogP contribution in [0.25, 0.3) is 0 Å². The molecular weight excluding hydrogens is 197 g/mol. The third kappa shape index (κ3) is 4.50. The molecule has 0 aliphatic carbocycles. The molecule has 1 atom stereocenters. The average Bonchev–Trinajstić information content (AvgIpc) is 2.03. The second-order valence-electron chi connectivity index (χ2n) is 2.47. The van der Waals surface area contributed by atoms with E-state index in [9.17, 15) is 18.0 Å². The second kappa shape index (κ2) is 5.27. The molecule has 0 aromatic rings. The van der Waals surface area contributed by atoms with Crippen molar-refractivity contribution >= 4 is 5.91 Å². The summed E-state index contributed by atoms with van der Waals surface area (Å²) in [6.07, 6.45) is -2.30. The van der Waals surface area contributed by atoms with Gasteiger partial charge in [-0.15, -0.1) is 0 Å². The van der Waals surface area contributed by atoms with E-state index in [-0.39, 0.29) is 6.42 Å². The third-order valence-corrected chi connectivity index (χ3v) is 1.31. The van der Waals surface area contributed by atoms with Crippen LogP contribution < -0.4 is 5.32 Å². The topological polar surface area (TPSA) is 52.9 Å². The Labute approximate surface area is 79.2 Å². The first-order valence-electron chi connectivity index (χ1n) is 3.79. The van der Waals surface area contributed by atoms with Gasteiger partial charge in [-0.25, -0.2) is 0 Å². The zero-order valence-electron chi connectivity index (χ0n) is 7.43. The molecule has 0 heterocycles. The van der Waals surface area contributed by atoms with E-state index in [4.69, 9.17) is 5.26 Å². The summed E-state index contributed by atoms with van der Waals surface area (Å²) in [7, 11) is 0. The molecule has 0 fully saturated rings. The summed E-state index contributed by atoms with van der Waals surface area (Å²) in [6.45, 7) is 1.59. The molecule has 0 saturated heterocycles. The number of rotatable bonds is 3. The average molecular weight is 206 g/mol. The molecule has 14 heavy (non-hydrogen) atoms. The molecule has 0 aromatic carbocycles. The Morgan fingerprint density at radius 2 is 2.21 bits per heavy atom. The second-order valence-corrected chi connectivity index (χ2v) is 2.47. The standard InChI is InChI=1S/C8H9F3N2O/c1-2-3-6(4-5-12)13-7(14)8(9,10)11/h2-3,6H,4H2,1H3,(H,13,14)/b3-2+/t6-/m0/s1. The number of amides is 1. The summed E-state index contributed by atoms with van der Waals surface area (Å²) in [5.74, 6) is -2.03. The molecule has 0 bridgehead atoms. The molecule has 0 unspecified atom stereocenters. The van der Waals surface area contributed by atoms with E-state index in [1.807, 2.05) is 0 Å². The highest BCUT2D eigenvalue weighted by atomic mass is 19.4. The van der Waals surface area contributed by atoms with Crippen molar-refractivity contribution in [1.29, 1.82) is 5.26 Å². The third-order valence-electron chi connectivity index (χ3n) is 1.31. The maximum Gasteiger partial charge on any atom is 0.471 e. The van der Waals surface area contributed by atoms with Gasteiger partial charge >= 0.3 is 12.1 Å². The molecule has 6 heteroatoms. The van der Waals surface area contributed by atoms with Crippen molar-refractivity contribution in [3.05, 3.63) is 12.2 Å². The van der Waals surface area contributed by atoms with Crippen LogP contribution in [0.2, 0.25) is 0 Å². The molecule has 1 N–H and O–H groups in total. The normalized spacial score (nSPS) is 13.6. The summed E-state index contributed by atoms with van der Waals surface area (Å²) in [5.41, 5.74) is 0. The van der Waals surface area contributed by atoms with Crippen LogP contribution in [0.5, 0.6) is 0 Å². The fourth-order valence-corrected chi connectivity index (χ4v) is 0.748. The van der Waals surface area contributed by atoms with Gasteiger partial charge in [-0.3, -0.25) is 4.79 Å². The summed E-state index contributed by atoms with van der Waals surface area (Å²) in [4.78, 5) is 10.4. The van der Waals surface area contributed by atoms with Crippen molar-refractivity contribution in [3.63, 3.8) is 0 Å². The molecule has 0 saturated carbocycles. The number of nitrogens with zero attached hydrogens (tertiary/aromatic N) is 1. The van der Waals surface area contributed by atoms with Gasteiger partial charge in [-0.1, -0.05) is 12.2 Å². The van der Waals surface area contributed by atoms with Gasteiger partial charge in [0.25, 0.3) is 0 Å². The fraction of sp³-hybridized carbons (Fsp3) is 0.500. The van der Waals surface area contributed by atoms with Crippen molar-refractivity contribution in [2.24, 2.45) is 0 Å². The van der Waals surface area contributed by atoms with Crippen LogP contribution in [0.1, 0.15) is 13.3 Å². The first-order chi connectivity index (χ1) is 6.41. The maximum absolute atomic E-state index is 11.8. The number of nitrogens with one attached hydrogen (secondary N) is 1. The number of allylic oxidation sites excluding steroid dienone is 1. The van der Waals surface area contributed by atoms with Crippen molar-refractivity contribution in [2.45, 2.75) is 25.6 Å². The van der Waals surface area contributed by atoms with Crippen molar-refractivity contribution < 1.29 is 18.0 Å². The molecule has 0 spiro atoms. The molecule has 78 valence electrons. The molecule has 0 aliphatic heterocycles. The number of alkyl halides is 3. The highest BCUT2D eigenvalue weighted by Gasteiger charge is 2.39. The Morgan fingerprint density at radius 1 is 1.64 bits per heavy atom. The minimum Gasteiger partial charge on any atom is -0.341 e. The van der Waals surface area contributed by atoms with Gasteiger partial charge in [0.05, 0.1) is 18.5 Å². The molecule has 0 aliphatic rings. The maximum atomic E-state index is 11.8. The van der Waals surface area contributed by atoms with Gasteiger partial charge in [0, 0.05) is 0 Å². The quantitative estimate of drug-likeness (QED) is 0.712. The Hall–Kier alpha value is -1.51. The van der Waals surface area contributed by atoms with Crippen LogP contribution in [0.15, 0.2) is 12.2 Å². The van der Waals surface area contributed by atoms with Gasteiger partial charge in [0.2, 0.25) is 0 Å². The van der Waals surface area contributed by atoms with Gasteiger partial charge in [0.15, 0.2) is 0 Å². The molecule has 1 amide bonds. The van der Waals surface area contributed by atoms with Gasteiger partial charge in [-0.05, 0) is 6.92 Å². The lowest BCUT2D eigenvalue weighted by Crippen LogP contribution is -2.42. The highest BCUT2D eigenvalue weighted by Crippen LogP contribution is 2.14. The zero-order valence-corrected chi connectivity index (χ0v) is 7.43. The largest absolute Gasteiger partial charge is 0.471 e. The lowest BCUT2D eigenvalue weighted by molar-refractivity contribution is -0.174. The van der Waals surface area contributed by atoms with Crippen molar-refractivity contribution in [3.8, 4) is 6.07 Å². The van der Waals surface area contributed by atoms with Crippen LogP contribution in [0.4, 0.5) is 13.2 Å². The Bertz CT molecular complexity index is 265. The minimum atomic E-state index is -4.91. The minimum absolute atomic E-state index is 0.188. The predicted octanol–water partition coefficient (Wildman–Crippen LogP) is 1.52. The van der Waals surface area contributed by atoms with Crippen LogP contribution in [0, 0.1) is 11.3 Å². The van der Waals surface area contributed by atoms with Crippen LogP contribution in [0.3, 0.4) is 0 Å². The van der Waals surface area contributed by atoms with Gasteiger partial charge in [-0.2, -0.15) is 18.4 Å². The van der Waals surface area contributed by atoms with Crippen molar-refractivity contribution in [2.75, 3.05) is 0 Å². The number of hydrogen-bond donors (Lipinski definition) is 1. The van der Waals surface area contributed by atoms with Crippen LogP contribution in [-0.2, 0) is 4.79 Å². The lowest BCUT2D eigenvalue weighted by Gasteiger charge is -2.12. The Kier molecular flexibility index (Phi) is 4.70. The first-order valence-corrected chi connectivity index (χ1v) is 3.79. The van der Waals surface area contributed by atoms with E-state index < -0.39 is 18.1 Å². The smallest absolute Gasteiger partial charge is 0.341 e. The van der Waals surface area contributed by atoms with Gasteiger partial charge in [0.1, 0.15) is 0 Å². The molecule has 0 radical (unpaired) electrons. The molecule has 0 aromatic heterocycles. The zero-order chi connectivity index (χ0) is 11.2. The number of hydrogen-bond acceptors (Lipinski definition) is 2. The van der Waals surface area contributed by atoms with E-state index in [1.165, 1.54) is 12.2 Å². The van der Waals surface area contributed by atoms with Crippen LogP contribution >= 0.6 is 0 Å².